The molecule has 1 aliphatic rings. The number of aryl methyl sites for hydroxylation is 1. The Balaban J connectivity index is 2.00. The third kappa shape index (κ3) is 4.22. The Morgan fingerprint density at radius 3 is 2.71 bits per heavy atom. The number of aromatic nitrogens is 2. The van der Waals surface area contributed by atoms with Gasteiger partial charge in [-0.3, -0.25) is 5.10 Å². The Bertz CT molecular complexity index is 488. The largest absolute Gasteiger partial charge is 0.444 e. The number of rotatable bonds is 3. The van der Waals surface area contributed by atoms with Crippen molar-refractivity contribution >= 4 is 6.09 Å². The zero-order valence-corrected chi connectivity index (χ0v) is 13.7. The number of aromatic amines is 1. The summed E-state index contributed by atoms with van der Waals surface area (Å²) in [6.07, 6.45) is 4.83. The highest BCUT2D eigenvalue weighted by molar-refractivity contribution is 5.68. The van der Waals surface area contributed by atoms with Crippen molar-refractivity contribution in [3.05, 3.63) is 17.0 Å². The molecule has 0 saturated carbocycles. The second-order valence-electron chi connectivity index (χ2n) is 6.70. The molecule has 0 saturated heterocycles. The van der Waals surface area contributed by atoms with Crippen LogP contribution in [0.15, 0.2) is 0 Å². The van der Waals surface area contributed by atoms with Gasteiger partial charge in [-0.25, -0.2) is 4.79 Å². The van der Waals surface area contributed by atoms with E-state index < -0.39 is 5.60 Å². The molecule has 2 rings (SSSR count). The third-order valence-electron chi connectivity index (χ3n) is 3.72. The first-order valence-electron chi connectivity index (χ1n) is 7.93. The molecule has 0 radical (unpaired) electrons. The molecule has 0 aromatic carbocycles. The van der Waals surface area contributed by atoms with E-state index in [0.29, 0.717) is 13.1 Å². The molecule has 118 valence electrons. The van der Waals surface area contributed by atoms with Gasteiger partial charge in [0, 0.05) is 25.2 Å². The van der Waals surface area contributed by atoms with Gasteiger partial charge in [0.2, 0.25) is 0 Å². The van der Waals surface area contributed by atoms with E-state index in [1.54, 1.807) is 0 Å². The van der Waals surface area contributed by atoms with E-state index in [1.165, 1.54) is 23.4 Å². The lowest BCUT2D eigenvalue weighted by Gasteiger charge is -2.26. The molecular weight excluding hydrogens is 266 g/mol. The normalized spacial score (nSPS) is 15.5. The van der Waals surface area contributed by atoms with E-state index in [4.69, 9.17) is 4.74 Å². The van der Waals surface area contributed by atoms with Gasteiger partial charge in [0.05, 0.1) is 5.69 Å². The van der Waals surface area contributed by atoms with Crippen LogP contribution in [0.1, 0.15) is 57.5 Å². The Morgan fingerprint density at radius 1 is 1.33 bits per heavy atom. The maximum absolute atomic E-state index is 12.2. The number of carbonyl (C=O) groups excluding carboxylic acids is 1. The lowest BCUT2D eigenvalue weighted by molar-refractivity contribution is 0.0258. The molecule has 0 unspecified atom stereocenters. The van der Waals surface area contributed by atoms with Gasteiger partial charge in [0.25, 0.3) is 0 Å². The van der Waals surface area contributed by atoms with Crippen molar-refractivity contribution in [3.8, 4) is 0 Å². The van der Waals surface area contributed by atoms with Crippen molar-refractivity contribution in [2.24, 2.45) is 0 Å². The summed E-state index contributed by atoms with van der Waals surface area (Å²) >= 11 is 0. The Hall–Kier alpha value is -1.52. The minimum atomic E-state index is -0.439. The number of unbranched alkanes of at least 4 members (excludes halogenated alkanes) is 1. The molecule has 1 amide bonds. The molecular formula is C16H27N3O2. The van der Waals surface area contributed by atoms with Crippen molar-refractivity contribution in [1.82, 2.24) is 15.1 Å². The molecule has 5 heteroatoms. The van der Waals surface area contributed by atoms with Crippen molar-refractivity contribution in [2.75, 3.05) is 13.1 Å². The van der Waals surface area contributed by atoms with Gasteiger partial charge in [-0.05, 0) is 45.6 Å². The van der Waals surface area contributed by atoms with Crippen LogP contribution in [0.5, 0.6) is 0 Å². The predicted molar refractivity (Wildman–Crippen MR) is 82.4 cm³/mol. The highest BCUT2D eigenvalue weighted by Crippen LogP contribution is 2.20. The van der Waals surface area contributed by atoms with Crippen LogP contribution in [0.25, 0.3) is 0 Å². The molecule has 1 aromatic rings. The topological polar surface area (TPSA) is 58.2 Å². The summed E-state index contributed by atoms with van der Waals surface area (Å²) in [6, 6.07) is 0. The fourth-order valence-electron chi connectivity index (χ4n) is 2.61. The highest BCUT2D eigenvalue weighted by atomic mass is 16.6. The molecule has 1 aromatic heterocycles. The van der Waals surface area contributed by atoms with Crippen LogP contribution < -0.4 is 0 Å². The van der Waals surface area contributed by atoms with Gasteiger partial charge in [0.1, 0.15) is 5.60 Å². The van der Waals surface area contributed by atoms with Gasteiger partial charge < -0.3 is 9.64 Å². The number of ether oxygens (including phenoxy) is 1. The number of nitrogens with zero attached hydrogens (tertiary/aromatic N) is 2. The zero-order chi connectivity index (χ0) is 15.5. The van der Waals surface area contributed by atoms with E-state index in [2.05, 4.69) is 17.1 Å². The van der Waals surface area contributed by atoms with Crippen LogP contribution >= 0.6 is 0 Å². The Morgan fingerprint density at radius 2 is 2.05 bits per heavy atom. The SMILES string of the molecule is CCCCc1n[nH]c2c1CCN(C(=O)OC(C)(C)C)CC2. The van der Waals surface area contributed by atoms with Crippen molar-refractivity contribution in [2.45, 2.75) is 65.4 Å². The van der Waals surface area contributed by atoms with Crippen LogP contribution in [0.2, 0.25) is 0 Å². The summed E-state index contributed by atoms with van der Waals surface area (Å²) < 4.78 is 5.46. The number of H-pyrrole nitrogens is 1. The molecule has 0 bridgehead atoms. The van der Waals surface area contributed by atoms with Crippen molar-refractivity contribution in [1.29, 1.82) is 0 Å². The van der Waals surface area contributed by atoms with Crippen molar-refractivity contribution in [3.63, 3.8) is 0 Å². The van der Waals surface area contributed by atoms with E-state index in [1.807, 2.05) is 25.7 Å². The lowest BCUT2D eigenvalue weighted by atomic mass is 10.0. The number of fused-ring (bicyclic) bond motifs is 1. The smallest absolute Gasteiger partial charge is 0.410 e. The summed E-state index contributed by atoms with van der Waals surface area (Å²) in [5, 5.41) is 7.60. The maximum Gasteiger partial charge on any atom is 0.410 e. The molecule has 0 aliphatic carbocycles. The average molecular weight is 293 g/mol. The molecule has 5 nitrogen and oxygen atoms in total. The molecule has 1 N–H and O–H groups in total. The quantitative estimate of drug-likeness (QED) is 0.931. The second-order valence-corrected chi connectivity index (χ2v) is 6.70. The van der Waals surface area contributed by atoms with E-state index in [-0.39, 0.29) is 6.09 Å². The van der Waals surface area contributed by atoms with Crippen LogP contribution in [0, 0.1) is 0 Å². The van der Waals surface area contributed by atoms with Crippen LogP contribution in [0.3, 0.4) is 0 Å². The monoisotopic (exact) mass is 293 g/mol. The van der Waals surface area contributed by atoms with Gasteiger partial charge in [-0.1, -0.05) is 13.3 Å². The molecule has 2 heterocycles. The average Bonchev–Trinajstić information content (AvgIpc) is 2.64. The fourth-order valence-corrected chi connectivity index (χ4v) is 2.61. The number of carbonyl (C=O) groups is 1. The zero-order valence-electron chi connectivity index (χ0n) is 13.7. The number of amides is 1. The van der Waals surface area contributed by atoms with Crippen LogP contribution in [-0.4, -0.2) is 39.9 Å². The minimum absolute atomic E-state index is 0.212. The predicted octanol–water partition coefficient (Wildman–Crippen LogP) is 3.09. The minimum Gasteiger partial charge on any atom is -0.444 e. The highest BCUT2D eigenvalue weighted by Gasteiger charge is 2.25. The van der Waals surface area contributed by atoms with Gasteiger partial charge in [-0.15, -0.1) is 0 Å². The Kier molecular flexibility index (Phi) is 4.91. The maximum atomic E-state index is 12.2. The number of nitrogens with one attached hydrogen (secondary N) is 1. The summed E-state index contributed by atoms with van der Waals surface area (Å²) in [5.41, 5.74) is 3.24. The summed E-state index contributed by atoms with van der Waals surface area (Å²) in [4.78, 5) is 14.0. The van der Waals surface area contributed by atoms with E-state index in [0.717, 1.165) is 25.7 Å². The van der Waals surface area contributed by atoms with E-state index >= 15 is 0 Å². The van der Waals surface area contributed by atoms with Crippen LogP contribution in [0.4, 0.5) is 4.79 Å². The summed E-state index contributed by atoms with van der Waals surface area (Å²) in [7, 11) is 0. The lowest BCUT2D eigenvalue weighted by Crippen LogP contribution is -2.38. The second kappa shape index (κ2) is 6.50. The molecule has 0 fully saturated rings. The van der Waals surface area contributed by atoms with E-state index in [9.17, 15) is 4.79 Å². The van der Waals surface area contributed by atoms with Gasteiger partial charge >= 0.3 is 6.09 Å². The number of hydrogen-bond acceptors (Lipinski definition) is 3. The molecule has 0 atom stereocenters. The summed E-state index contributed by atoms with van der Waals surface area (Å²) in [6.45, 7) is 9.29. The molecule has 21 heavy (non-hydrogen) atoms. The standard InChI is InChI=1S/C16H27N3O2/c1-5-6-7-13-12-8-10-19(11-9-14(12)18-17-13)15(20)21-16(2,3)4/h5-11H2,1-4H3,(H,17,18). The van der Waals surface area contributed by atoms with Crippen LogP contribution in [-0.2, 0) is 24.0 Å². The van der Waals surface area contributed by atoms with Gasteiger partial charge in [0.15, 0.2) is 0 Å². The fraction of sp³-hybridized carbons (Fsp3) is 0.750. The van der Waals surface area contributed by atoms with Crippen molar-refractivity contribution < 1.29 is 9.53 Å². The Labute approximate surface area is 127 Å². The first-order valence-corrected chi connectivity index (χ1v) is 7.93. The first kappa shape index (κ1) is 15.9. The third-order valence-corrected chi connectivity index (χ3v) is 3.72. The molecule has 0 spiro atoms. The van der Waals surface area contributed by atoms with Gasteiger partial charge in [-0.2, -0.15) is 5.10 Å². The molecule has 1 aliphatic heterocycles. The first-order chi connectivity index (χ1) is 9.90. The number of hydrogen-bond donors (Lipinski definition) is 1. The summed E-state index contributed by atoms with van der Waals surface area (Å²) in [5.74, 6) is 0.